The van der Waals surface area contributed by atoms with Crippen LogP contribution in [0.25, 0.3) is 0 Å². The first-order valence-electron chi connectivity index (χ1n) is 6.02. The van der Waals surface area contributed by atoms with Crippen molar-refractivity contribution in [2.24, 2.45) is 0 Å². The topological polar surface area (TPSA) is 41.1 Å². The minimum absolute atomic E-state index is 0.314. The lowest BCUT2D eigenvalue weighted by molar-refractivity contribution is 0.0976. The summed E-state index contributed by atoms with van der Waals surface area (Å²) in [5, 5.41) is 6.06. The molecule has 0 aliphatic heterocycles. The molecule has 0 saturated heterocycles. The summed E-state index contributed by atoms with van der Waals surface area (Å²) in [6.07, 6.45) is 4.58. The number of amides is 1. The van der Waals surface area contributed by atoms with Crippen molar-refractivity contribution >= 4 is 23.2 Å². The van der Waals surface area contributed by atoms with Crippen molar-refractivity contribution in [3.63, 3.8) is 0 Å². The maximum absolute atomic E-state index is 12.7. The monoisotopic (exact) mass is 266 g/mol. The van der Waals surface area contributed by atoms with Gasteiger partial charge in [-0.1, -0.05) is 12.8 Å². The quantitative estimate of drug-likeness (QED) is 0.807. The summed E-state index contributed by atoms with van der Waals surface area (Å²) >= 11 is 5.08. The van der Waals surface area contributed by atoms with Gasteiger partial charge in [-0.05, 0) is 49.3 Å². The molecule has 0 unspecified atom stereocenters. The summed E-state index contributed by atoms with van der Waals surface area (Å²) in [5.74, 6) is -0.677. The van der Waals surface area contributed by atoms with E-state index in [4.69, 9.17) is 12.2 Å². The molecular weight excluding hydrogens is 251 g/mol. The van der Waals surface area contributed by atoms with E-state index in [2.05, 4.69) is 10.6 Å². The summed E-state index contributed by atoms with van der Waals surface area (Å²) in [4.78, 5) is 11.8. The van der Waals surface area contributed by atoms with Gasteiger partial charge in [0, 0.05) is 11.6 Å². The standard InChI is InChI=1S/C13H15FN2OS/c14-10-7-5-9(6-8-10)12(17)16-13(18)15-11-3-1-2-4-11/h5-8,11H,1-4H2,(H2,15,16,17,18). The summed E-state index contributed by atoms with van der Waals surface area (Å²) in [6, 6.07) is 5.74. The van der Waals surface area contributed by atoms with Crippen LogP contribution in [-0.2, 0) is 0 Å². The predicted octanol–water partition coefficient (Wildman–Crippen LogP) is 2.37. The third kappa shape index (κ3) is 3.50. The molecule has 0 heterocycles. The molecule has 1 aliphatic rings. The Bertz CT molecular complexity index is 441. The highest BCUT2D eigenvalue weighted by Gasteiger charge is 2.16. The van der Waals surface area contributed by atoms with Crippen LogP contribution in [0, 0.1) is 5.82 Å². The average molecular weight is 266 g/mol. The van der Waals surface area contributed by atoms with Crippen LogP contribution in [0.1, 0.15) is 36.0 Å². The highest BCUT2D eigenvalue weighted by Crippen LogP contribution is 2.17. The molecule has 1 aromatic rings. The molecule has 2 rings (SSSR count). The van der Waals surface area contributed by atoms with E-state index in [0.717, 1.165) is 12.8 Å². The molecular formula is C13H15FN2OS. The maximum atomic E-state index is 12.7. The lowest BCUT2D eigenvalue weighted by Crippen LogP contribution is -2.43. The summed E-state index contributed by atoms with van der Waals surface area (Å²) in [5.41, 5.74) is 0.395. The van der Waals surface area contributed by atoms with Gasteiger partial charge in [0.2, 0.25) is 0 Å². The molecule has 18 heavy (non-hydrogen) atoms. The zero-order chi connectivity index (χ0) is 13.0. The number of benzene rings is 1. The normalized spacial score (nSPS) is 15.4. The zero-order valence-corrected chi connectivity index (χ0v) is 10.7. The van der Waals surface area contributed by atoms with Crippen LogP contribution < -0.4 is 10.6 Å². The summed E-state index contributed by atoms with van der Waals surface area (Å²) in [6.45, 7) is 0. The van der Waals surface area contributed by atoms with Gasteiger partial charge in [-0.15, -0.1) is 0 Å². The zero-order valence-electron chi connectivity index (χ0n) is 9.91. The van der Waals surface area contributed by atoms with Crippen LogP contribution in [0.4, 0.5) is 4.39 Å². The van der Waals surface area contributed by atoms with Crippen molar-refractivity contribution in [2.75, 3.05) is 0 Å². The number of hydrogen-bond acceptors (Lipinski definition) is 2. The molecule has 0 bridgehead atoms. The molecule has 0 atom stereocenters. The molecule has 0 aromatic heterocycles. The third-order valence-corrected chi connectivity index (χ3v) is 3.24. The fourth-order valence-electron chi connectivity index (χ4n) is 2.07. The largest absolute Gasteiger partial charge is 0.360 e. The number of carbonyl (C=O) groups excluding carboxylic acids is 1. The van der Waals surface area contributed by atoms with Gasteiger partial charge in [-0.3, -0.25) is 10.1 Å². The number of thiocarbonyl (C=S) groups is 1. The molecule has 1 aliphatic carbocycles. The SMILES string of the molecule is O=C(NC(=S)NC1CCCC1)c1ccc(F)cc1. The molecule has 2 N–H and O–H groups in total. The second-order valence-electron chi connectivity index (χ2n) is 4.42. The van der Waals surface area contributed by atoms with Gasteiger partial charge in [-0.25, -0.2) is 4.39 Å². The highest BCUT2D eigenvalue weighted by atomic mass is 32.1. The number of rotatable bonds is 2. The van der Waals surface area contributed by atoms with Crippen LogP contribution in [0.5, 0.6) is 0 Å². The Morgan fingerprint density at radius 3 is 2.44 bits per heavy atom. The van der Waals surface area contributed by atoms with E-state index in [1.165, 1.54) is 37.1 Å². The Labute approximate surface area is 111 Å². The lowest BCUT2D eigenvalue weighted by Gasteiger charge is -2.14. The fourth-order valence-corrected chi connectivity index (χ4v) is 2.33. The van der Waals surface area contributed by atoms with Crippen molar-refractivity contribution in [1.82, 2.24) is 10.6 Å². The van der Waals surface area contributed by atoms with E-state index in [1.807, 2.05) is 0 Å². The second kappa shape index (κ2) is 5.91. The maximum Gasteiger partial charge on any atom is 0.257 e. The molecule has 3 nitrogen and oxygen atoms in total. The van der Waals surface area contributed by atoms with Gasteiger partial charge in [0.1, 0.15) is 5.82 Å². The molecule has 0 spiro atoms. The van der Waals surface area contributed by atoms with E-state index >= 15 is 0 Å². The van der Waals surface area contributed by atoms with Crippen molar-refractivity contribution in [1.29, 1.82) is 0 Å². The van der Waals surface area contributed by atoms with E-state index in [9.17, 15) is 9.18 Å². The third-order valence-electron chi connectivity index (χ3n) is 3.02. The molecule has 1 saturated carbocycles. The van der Waals surface area contributed by atoms with E-state index in [-0.39, 0.29) is 11.7 Å². The van der Waals surface area contributed by atoms with E-state index < -0.39 is 0 Å². The highest BCUT2D eigenvalue weighted by molar-refractivity contribution is 7.80. The number of halogens is 1. The smallest absolute Gasteiger partial charge is 0.257 e. The molecule has 1 amide bonds. The number of carbonyl (C=O) groups is 1. The minimum Gasteiger partial charge on any atom is -0.360 e. The van der Waals surface area contributed by atoms with Crippen molar-refractivity contribution in [3.05, 3.63) is 35.6 Å². The van der Waals surface area contributed by atoms with Crippen LogP contribution >= 0.6 is 12.2 Å². The van der Waals surface area contributed by atoms with Crippen LogP contribution in [0.2, 0.25) is 0 Å². The summed E-state index contributed by atoms with van der Waals surface area (Å²) in [7, 11) is 0. The van der Waals surface area contributed by atoms with Crippen LogP contribution in [0.15, 0.2) is 24.3 Å². The van der Waals surface area contributed by atoms with Crippen LogP contribution in [-0.4, -0.2) is 17.1 Å². The van der Waals surface area contributed by atoms with Gasteiger partial charge >= 0.3 is 0 Å². The molecule has 96 valence electrons. The molecule has 1 fully saturated rings. The summed E-state index contributed by atoms with van der Waals surface area (Å²) < 4.78 is 12.7. The van der Waals surface area contributed by atoms with Crippen molar-refractivity contribution < 1.29 is 9.18 Å². The molecule has 0 radical (unpaired) electrons. The fraction of sp³-hybridized carbons (Fsp3) is 0.385. The van der Waals surface area contributed by atoms with Crippen molar-refractivity contribution in [2.45, 2.75) is 31.7 Å². The molecule has 1 aromatic carbocycles. The Morgan fingerprint density at radius 2 is 1.83 bits per heavy atom. The van der Waals surface area contributed by atoms with Gasteiger partial charge in [0.15, 0.2) is 5.11 Å². The Hall–Kier alpha value is -1.49. The van der Waals surface area contributed by atoms with Gasteiger partial charge in [-0.2, -0.15) is 0 Å². The predicted molar refractivity (Wildman–Crippen MR) is 71.9 cm³/mol. The first kappa shape index (κ1) is 13.0. The molecule has 5 heteroatoms. The van der Waals surface area contributed by atoms with E-state index in [0.29, 0.717) is 16.7 Å². The lowest BCUT2D eigenvalue weighted by atomic mass is 10.2. The van der Waals surface area contributed by atoms with E-state index in [1.54, 1.807) is 0 Å². The van der Waals surface area contributed by atoms with Gasteiger partial charge in [0.25, 0.3) is 5.91 Å². The van der Waals surface area contributed by atoms with Crippen LogP contribution in [0.3, 0.4) is 0 Å². The first-order valence-corrected chi connectivity index (χ1v) is 6.43. The number of hydrogen-bond donors (Lipinski definition) is 2. The Morgan fingerprint density at radius 1 is 1.22 bits per heavy atom. The minimum atomic E-state index is -0.363. The number of nitrogens with one attached hydrogen (secondary N) is 2. The Kier molecular flexibility index (Phi) is 4.25. The van der Waals surface area contributed by atoms with Crippen molar-refractivity contribution in [3.8, 4) is 0 Å². The second-order valence-corrected chi connectivity index (χ2v) is 4.82. The Balaban J connectivity index is 1.86. The van der Waals surface area contributed by atoms with Gasteiger partial charge < -0.3 is 5.32 Å². The van der Waals surface area contributed by atoms with Gasteiger partial charge in [0.05, 0.1) is 0 Å². The average Bonchev–Trinajstić information content (AvgIpc) is 2.82. The first-order chi connectivity index (χ1) is 8.65.